The summed E-state index contributed by atoms with van der Waals surface area (Å²) in [7, 11) is -3.68. The lowest BCUT2D eigenvalue weighted by molar-refractivity contribution is -0.115. The Kier molecular flexibility index (Phi) is 7.08. The van der Waals surface area contributed by atoms with E-state index in [4.69, 9.17) is 4.74 Å². The molecule has 1 aromatic heterocycles. The van der Waals surface area contributed by atoms with Crippen molar-refractivity contribution < 1.29 is 17.9 Å². The topological polar surface area (TPSA) is 119 Å². The largest absolute Gasteiger partial charge is 0.379 e. The van der Waals surface area contributed by atoms with Crippen LogP contribution in [0.25, 0.3) is 5.69 Å². The minimum atomic E-state index is -3.68. The minimum Gasteiger partial charge on any atom is -0.379 e. The molecule has 0 aliphatic carbocycles. The van der Waals surface area contributed by atoms with Gasteiger partial charge in [-0.1, -0.05) is 36.0 Å². The summed E-state index contributed by atoms with van der Waals surface area (Å²) >= 11 is 1.21. The average Bonchev–Trinajstić information content (AvgIpc) is 3.29. The molecule has 1 fully saturated rings. The van der Waals surface area contributed by atoms with Gasteiger partial charge in [-0.2, -0.15) is 8.99 Å². The molecule has 0 saturated carbocycles. The van der Waals surface area contributed by atoms with E-state index in [2.05, 4.69) is 20.8 Å². The van der Waals surface area contributed by atoms with Gasteiger partial charge < -0.3 is 10.1 Å². The molecule has 10 nitrogen and oxygen atoms in total. The highest BCUT2D eigenvalue weighted by Gasteiger charge is 2.28. The molecule has 1 saturated heterocycles. The average molecular weight is 489 g/mol. The van der Waals surface area contributed by atoms with Crippen molar-refractivity contribution in [3.8, 4) is 5.69 Å². The molecule has 1 atom stereocenters. The van der Waals surface area contributed by atoms with Crippen LogP contribution in [-0.4, -0.2) is 70.4 Å². The third kappa shape index (κ3) is 5.24. The molecule has 0 spiro atoms. The number of thioether (sulfide) groups is 1. The number of ether oxygens (including phenoxy) is 1. The summed E-state index contributed by atoms with van der Waals surface area (Å²) in [5.41, 5.74) is 1.81. The third-order valence-corrected chi connectivity index (χ3v) is 8.21. The second-order valence-corrected chi connectivity index (χ2v) is 10.7. The molecule has 0 bridgehead atoms. The number of morpholine rings is 1. The highest BCUT2D eigenvalue weighted by atomic mass is 32.2. The Balaban J connectivity index is 1.48. The van der Waals surface area contributed by atoms with E-state index in [-0.39, 0.29) is 10.8 Å². The van der Waals surface area contributed by atoms with E-state index in [0.29, 0.717) is 42.7 Å². The highest BCUT2D eigenvalue weighted by Crippen LogP contribution is 2.27. The first-order valence-electron chi connectivity index (χ1n) is 10.4. The molecule has 4 rings (SSSR count). The molecule has 12 heteroatoms. The van der Waals surface area contributed by atoms with Crippen molar-refractivity contribution in [1.29, 1.82) is 0 Å². The van der Waals surface area contributed by atoms with Crippen LogP contribution in [0.4, 0.5) is 5.69 Å². The molecular formula is C21H24N6O4S2. The number of amides is 1. The number of tetrazole rings is 1. The summed E-state index contributed by atoms with van der Waals surface area (Å²) in [5, 5.41) is 14.5. The van der Waals surface area contributed by atoms with Gasteiger partial charge in [0.1, 0.15) is 0 Å². The van der Waals surface area contributed by atoms with Crippen molar-refractivity contribution in [1.82, 2.24) is 24.5 Å². The van der Waals surface area contributed by atoms with Gasteiger partial charge in [-0.15, -0.1) is 5.10 Å². The number of carbonyl (C=O) groups is 1. The Morgan fingerprint density at radius 2 is 1.88 bits per heavy atom. The first kappa shape index (κ1) is 23.4. The summed E-state index contributed by atoms with van der Waals surface area (Å²) in [6, 6.07) is 14.3. The molecule has 33 heavy (non-hydrogen) atoms. The van der Waals surface area contributed by atoms with Crippen molar-refractivity contribution in [2.45, 2.75) is 29.1 Å². The van der Waals surface area contributed by atoms with Gasteiger partial charge in [0.15, 0.2) is 0 Å². The van der Waals surface area contributed by atoms with Gasteiger partial charge in [-0.25, -0.2) is 8.42 Å². The molecule has 0 radical (unpaired) electrons. The smallest absolute Gasteiger partial charge is 0.243 e. The molecular weight excluding hydrogens is 464 g/mol. The number of aromatic nitrogens is 4. The normalized spacial score (nSPS) is 15.8. The number of rotatable bonds is 7. The van der Waals surface area contributed by atoms with Crippen molar-refractivity contribution in [3.63, 3.8) is 0 Å². The quantitative estimate of drug-likeness (QED) is 0.502. The predicted molar refractivity (Wildman–Crippen MR) is 124 cm³/mol. The van der Waals surface area contributed by atoms with Crippen LogP contribution in [0.15, 0.2) is 58.6 Å². The maximum Gasteiger partial charge on any atom is 0.243 e. The SMILES string of the molecule is Cc1ccc(NC(=O)C(C)Sc2nnnn2-c2ccccc2)cc1S(=O)(=O)N1CCOCC1. The van der Waals surface area contributed by atoms with Crippen molar-refractivity contribution >= 4 is 33.4 Å². The first-order valence-corrected chi connectivity index (χ1v) is 12.7. The molecule has 2 heterocycles. The lowest BCUT2D eigenvalue weighted by Crippen LogP contribution is -2.40. The number of nitrogens with one attached hydrogen (secondary N) is 1. The van der Waals surface area contributed by atoms with Gasteiger partial charge in [0, 0.05) is 18.8 Å². The van der Waals surface area contributed by atoms with E-state index in [9.17, 15) is 13.2 Å². The molecule has 1 unspecified atom stereocenters. The second kappa shape index (κ2) is 10.00. The standard InChI is InChI=1S/C21H24N6O4S2/c1-15-8-9-17(14-19(15)33(29,30)26-10-12-31-13-11-26)22-20(28)16(2)32-21-23-24-25-27(21)18-6-4-3-5-7-18/h3-9,14,16H,10-13H2,1-2H3,(H,22,28). The number of anilines is 1. The molecule has 1 aliphatic heterocycles. The van der Waals surface area contributed by atoms with Gasteiger partial charge in [-0.3, -0.25) is 4.79 Å². The van der Waals surface area contributed by atoms with Gasteiger partial charge in [0.05, 0.1) is 29.0 Å². The first-order chi connectivity index (χ1) is 15.9. The van der Waals surface area contributed by atoms with Gasteiger partial charge in [-0.05, 0) is 54.1 Å². The van der Waals surface area contributed by atoms with Crippen LogP contribution in [0, 0.1) is 6.92 Å². The number of aryl methyl sites for hydroxylation is 1. The monoisotopic (exact) mass is 488 g/mol. The minimum absolute atomic E-state index is 0.176. The van der Waals surface area contributed by atoms with Crippen molar-refractivity contribution in [2.24, 2.45) is 0 Å². The summed E-state index contributed by atoms with van der Waals surface area (Å²) < 4.78 is 34.4. The number of hydrogen-bond donors (Lipinski definition) is 1. The fraction of sp³-hybridized carbons (Fsp3) is 0.333. The number of benzene rings is 2. The fourth-order valence-corrected chi connectivity index (χ4v) is 5.79. The van der Waals surface area contributed by atoms with E-state index in [1.54, 1.807) is 30.7 Å². The number of nitrogens with zero attached hydrogens (tertiary/aromatic N) is 5. The van der Waals surface area contributed by atoms with E-state index in [1.807, 2.05) is 30.3 Å². The van der Waals surface area contributed by atoms with Crippen LogP contribution >= 0.6 is 11.8 Å². The lowest BCUT2D eigenvalue weighted by Gasteiger charge is -2.27. The van der Waals surface area contributed by atoms with Crippen LogP contribution in [0.3, 0.4) is 0 Å². The number of carbonyl (C=O) groups excluding carboxylic acids is 1. The van der Waals surface area contributed by atoms with Crippen LogP contribution in [-0.2, 0) is 19.6 Å². The molecule has 174 valence electrons. The van der Waals surface area contributed by atoms with E-state index >= 15 is 0 Å². The predicted octanol–water partition coefficient (Wildman–Crippen LogP) is 2.11. The van der Waals surface area contributed by atoms with Crippen LogP contribution in [0.2, 0.25) is 0 Å². The Bertz CT molecular complexity index is 1230. The lowest BCUT2D eigenvalue weighted by atomic mass is 10.2. The second-order valence-electron chi connectivity index (χ2n) is 7.45. The molecule has 3 aromatic rings. The van der Waals surface area contributed by atoms with Crippen LogP contribution in [0.1, 0.15) is 12.5 Å². The van der Waals surface area contributed by atoms with E-state index in [1.165, 1.54) is 22.1 Å². The van der Waals surface area contributed by atoms with E-state index < -0.39 is 15.3 Å². The van der Waals surface area contributed by atoms with Gasteiger partial charge in [0.25, 0.3) is 0 Å². The van der Waals surface area contributed by atoms with Crippen LogP contribution < -0.4 is 5.32 Å². The Morgan fingerprint density at radius 3 is 2.61 bits per heavy atom. The Morgan fingerprint density at radius 1 is 1.15 bits per heavy atom. The maximum atomic E-state index is 13.1. The maximum absolute atomic E-state index is 13.1. The highest BCUT2D eigenvalue weighted by molar-refractivity contribution is 8.00. The third-order valence-electron chi connectivity index (χ3n) is 5.14. The molecule has 2 aromatic carbocycles. The zero-order chi connectivity index (χ0) is 23.4. The van der Waals surface area contributed by atoms with E-state index in [0.717, 1.165) is 5.69 Å². The summed E-state index contributed by atoms with van der Waals surface area (Å²) in [5.74, 6) is -0.291. The molecule has 1 amide bonds. The Labute approximate surface area is 196 Å². The van der Waals surface area contributed by atoms with Gasteiger partial charge in [0.2, 0.25) is 21.1 Å². The zero-order valence-corrected chi connectivity index (χ0v) is 19.8. The molecule has 1 N–H and O–H groups in total. The van der Waals surface area contributed by atoms with Crippen molar-refractivity contribution in [3.05, 3.63) is 54.1 Å². The number of hydrogen-bond acceptors (Lipinski definition) is 8. The Hall–Kier alpha value is -2.80. The zero-order valence-electron chi connectivity index (χ0n) is 18.2. The fourth-order valence-electron chi connectivity index (χ4n) is 3.32. The number of sulfonamides is 1. The summed E-state index contributed by atoms with van der Waals surface area (Å²) in [6.07, 6.45) is 0. The summed E-state index contributed by atoms with van der Waals surface area (Å²) in [4.78, 5) is 13.0. The number of para-hydroxylation sites is 1. The van der Waals surface area contributed by atoms with Crippen molar-refractivity contribution in [2.75, 3.05) is 31.6 Å². The van der Waals surface area contributed by atoms with Crippen LogP contribution in [0.5, 0.6) is 0 Å². The van der Waals surface area contributed by atoms with Gasteiger partial charge >= 0.3 is 0 Å². The molecule has 1 aliphatic rings. The summed E-state index contributed by atoms with van der Waals surface area (Å²) in [6.45, 7) is 4.83.